The van der Waals surface area contributed by atoms with Crippen molar-refractivity contribution in [1.29, 1.82) is 0 Å². The number of benzene rings is 1. The molecule has 19 heavy (non-hydrogen) atoms. The standard InChI is InChI=1S/C15H19N3O/c1-2-8-17-9-11-18(12-10-17)15(19)14(16)13-6-4-3-5-7-13/h1,3-7,14H,8-12,16H2. The summed E-state index contributed by atoms with van der Waals surface area (Å²) in [6.45, 7) is 3.67. The fourth-order valence-electron chi connectivity index (χ4n) is 2.26. The average Bonchev–Trinajstić information content (AvgIpc) is 2.48. The van der Waals surface area contributed by atoms with Crippen LogP contribution in [-0.4, -0.2) is 48.4 Å². The van der Waals surface area contributed by atoms with Crippen LogP contribution in [0.5, 0.6) is 0 Å². The van der Waals surface area contributed by atoms with Crippen LogP contribution in [0.2, 0.25) is 0 Å². The van der Waals surface area contributed by atoms with E-state index in [1.807, 2.05) is 35.2 Å². The third-order valence-electron chi connectivity index (χ3n) is 3.42. The van der Waals surface area contributed by atoms with E-state index in [0.717, 1.165) is 18.7 Å². The first-order valence-corrected chi connectivity index (χ1v) is 6.47. The van der Waals surface area contributed by atoms with Gasteiger partial charge in [-0.25, -0.2) is 0 Å². The van der Waals surface area contributed by atoms with Gasteiger partial charge in [-0.3, -0.25) is 9.69 Å². The van der Waals surface area contributed by atoms with E-state index in [1.54, 1.807) is 0 Å². The second-order valence-corrected chi connectivity index (χ2v) is 4.69. The van der Waals surface area contributed by atoms with Gasteiger partial charge in [0.1, 0.15) is 6.04 Å². The molecule has 0 radical (unpaired) electrons. The minimum absolute atomic E-state index is 0.00782. The molecule has 0 aliphatic carbocycles. The molecule has 1 fully saturated rings. The summed E-state index contributed by atoms with van der Waals surface area (Å²) in [7, 11) is 0. The Morgan fingerprint density at radius 2 is 1.89 bits per heavy atom. The summed E-state index contributed by atoms with van der Waals surface area (Å²) in [5.74, 6) is 2.62. The molecule has 4 heteroatoms. The Bertz CT molecular complexity index is 458. The number of carbonyl (C=O) groups excluding carboxylic acids is 1. The fourth-order valence-corrected chi connectivity index (χ4v) is 2.26. The van der Waals surface area contributed by atoms with Gasteiger partial charge in [0.25, 0.3) is 0 Å². The molecule has 1 heterocycles. The molecule has 1 unspecified atom stereocenters. The van der Waals surface area contributed by atoms with Crippen molar-refractivity contribution < 1.29 is 4.79 Å². The van der Waals surface area contributed by atoms with Crippen LogP contribution in [-0.2, 0) is 4.79 Å². The van der Waals surface area contributed by atoms with Crippen molar-refractivity contribution in [3.8, 4) is 12.3 Å². The number of hydrogen-bond donors (Lipinski definition) is 1. The normalized spacial score (nSPS) is 17.8. The van der Waals surface area contributed by atoms with Crippen LogP contribution in [0.3, 0.4) is 0 Å². The lowest BCUT2D eigenvalue weighted by molar-refractivity contribution is -0.134. The quantitative estimate of drug-likeness (QED) is 0.801. The van der Waals surface area contributed by atoms with E-state index in [1.165, 1.54) is 0 Å². The Morgan fingerprint density at radius 1 is 1.26 bits per heavy atom. The Labute approximate surface area is 114 Å². The van der Waals surface area contributed by atoms with E-state index < -0.39 is 6.04 Å². The van der Waals surface area contributed by atoms with Gasteiger partial charge in [-0.2, -0.15) is 0 Å². The van der Waals surface area contributed by atoms with Crippen LogP contribution in [0.25, 0.3) is 0 Å². The highest BCUT2D eigenvalue weighted by Gasteiger charge is 2.25. The minimum Gasteiger partial charge on any atom is -0.338 e. The van der Waals surface area contributed by atoms with E-state index in [4.69, 9.17) is 12.2 Å². The van der Waals surface area contributed by atoms with Crippen molar-refractivity contribution in [3.63, 3.8) is 0 Å². The highest BCUT2D eigenvalue weighted by Crippen LogP contribution is 2.14. The van der Waals surface area contributed by atoms with Crippen molar-refractivity contribution in [2.24, 2.45) is 5.73 Å². The molecule has 2 rings (SSSR count). The number of nitrogens with two attached hydrogens (primary N) is 1. The van der Waals surface area contributed by atoms with Gasteiger partial charge in [-0.15, -0.1) is 6.42 Å². The molecular weight excluding hydrogens is 238 g/mol. The molecule has 0 bridgehead atoms. The maximum atomic E-state index is 12.3. The lowest BCUT2D eigenvalue weighted by Crippen LogP contribution is -2.51. The molecule has 1 aliphatic heterocycles. The summed E-state index contributed by atoms with van der Waals surface area (Å²) in [6.07, 6.45) is 5.29. The van der Waals surface area contributed by atoms with Crippen molar-refractivity contribution >= 4 is 5.91 Å². The molecule has 0 aromatic heterocycles. The monoisotopic (exact) mass is 257 g/mol. The lowest BCUT2D eigenvalue weighted by Gasteiger charge is -2.35. The number of nitrogens with zero attached hydrogens (tertiary/aromatic N) is 2. The second kappa shape index (κ2) is 6.37. The first-order chi connectivity index (χ1) is 9.22. The van der Waals surface area contributed by atoms with E-state index in [2.05, 4.69) is 10.8 Å². The Balaban J connectivity index is 1.93. The largest absolute Gasteiger partial charge is 0.338 e. The third-order valence-corrected chi connectivity index (χ3v) is 3.42. The number of amides is 1. The molecule has 1 aliphatic rings. The van der Waals surface area contributed by atoms with Gasteiger partial charge in [0.2, 0.25) is 5.91 Å². The highest BCUT2D eigenvalue weighted by molar-refractivity contribution is 5.83. The summed E-state index contributed by atoms with van der Waals surface area (Å²) >= 11 is 0. The van der Waals surface area contributed by atoms with Crippen LogP contribution in [0.1, 0.15) is 11.6 Å². The molecule has 0 spiro atoms. The van der Waals surface area contributed by atoms with E-state index in [-0.39, 0.29) is 5.91 Å². The van der Waals surface area contributed by atoms with Crippen molar-refractivity contribution in [2.75, 3.05) is 32.7 Å². The van der Waals surface area contributed by atoms with Crippen LogP contribution >= 0.6 is 0 Å². The summed E-state index contributed by atoms with van der Waals surface area (Å²) < 4.78 is 0. The third kappa shape index (κ3) is 3.34. The van der Waals surface area contributed by atoms with Crippen LogP contribution in [0, 0.1) is 12.3 Å². The average molecular weight is 257 g/mol. The van der Waals surface area contributed by atoms with Crippen LogP contribution < -0.4 is 5.73 Å². The van der Waals surface area contributed by atoms with Crippen LogP contribution in [0.15, 0.2) is 30.3 Å². The van der Waals surface area contributed by atoms with Crippen molar-refractivity contribution in [2.45, 2.75) is 6.04 Å². The van der Waals surface area contributed by atoms with Gasteiger partial charge in [-0.05, 0) is 5.56 Å². The molecular formula is C15H19N3O. The van der Waals surface area contributed by atoms with Gasteiger partial charge >= 0.3 is 0 Å². The molecule has 1 amide bonds. The fraction of sp³-hybridized carbons (Fsp3) is 0.400. The molecule has 1 atom stereocenters. The number of terminal acetylenes is 1. The van der Waals surface area contributed by atoms with Crippen molar-refractivity contribution in [1.82, 2.24) is 9.80 Å². The van der Waals surface area contributed by atoms with Gasteiger partial charge in [-0.1, -0.05) is 36.3 Å². The maximum absolute atomic E-state index is 12.3. The summed E-state index contributed by atoms with van der Waals surface area (Å²) in [5, 5.41) is 0. The Kier molecular flexibility index (Phi) is 4.56. The molecule has 1 aromatic rings. The zero-order valence-corrected chi connectivity index (χ0v) is 11.0. The van der Waals surface area contributed by atoms with E-state index in [0.29, 0.717) is 19.6 Å². The maximum Gasteiger partial charge on any atom is 0.244 e. The SMILES string of the molecule is C#CCN1CCN(C(=O)C(N)c2ccccc2)CC1. The first kappa shape index (κ1) is 13.6. The van der Waals surface area contributed by atoms with Gasteiger partial charge in [0.15, 0.2) is 0 Å². The Hall–Kier alpha value is -1.83. The molecule has 2 N–H and O–H groups in total. The molecule has 1 saturated heterocycles. The smallest absolute Gasteiger partial charge is 0.244 e. The van der Waals surface area contributed by atoms with Gasteiger partial charge in [0, 0.05) is 26.2 Å². The molecule has 0 saturated carbocycles. The van der Waals surface area contributed by atoms with Gasteiger partial charge < -0.3 is 10.6 Å². The summed E-state index contributed by atoms with van der Waals surface area (Å²) in [5.41, 5.74) is 6.89. The zero-order chi connectivity index (χ0) is 13.7. The topological polar surface area (TPSA) is 49.6 Å². The Morgan fingerprint density at radius 3 is 2.47 bits per heavy atom. The summed E-state index contributed by atoms with van der Waals surface area (Å²) in [4.78, 5) is 16.3. The minimum atomic E-state index is -0.569. The molecule has 100 valence electrons. The predicted octanol–water partition coefficient (Wildman–Crippen LogP) is 0.464. The summed E-state index contributed by atoms with van der Waals surface area (Å²) in [6, 6.07) is 8.91. The molecule has 1 aromatic carbocycles. The number of piperazine rings is 1. The first-order valence-electron chi connectivity index (χ1n) is 6.47. The number of carbonyl (C=O) groups is 1. The lowest BCUT2D eigenvalue weighted by atomic mass is 10.1. The van der Waals surface area contributed by atoms with Crippen molar-refractivity contribution in [3.05, 3.63) is 35.9 Å². The zero-order valence-electron chi connectivity index (χ0n) is 11.0. The number of rotatable bonds is 3. The predicted molar refractivity (Wildman–Crippen MR) is 75.2 cm³/mol. The number of hydrogen-bond acceptors (Lipinski definition) is 3. The van der Waals surface area contributed by atoms with Gasteiger partial charge in [0.05, 0.1) is 6.54 Å². The van der Waals surface area contributed by atoms with E-state index >= 15 is 0 Å². The highest BCUT2D eigenvalue weighted by atomic mass is 16.2. The van der Waals surface area contributed by atoms with E-state index in [9.17, 15) is 4.79 Å². The molecule has 4 nitrogen and oxygen atoms in total. The van der Waals surface area contributed by atoms with Crippen LogP contribution in [0.4, 0.5) is 0 Å². The second-order valence-electron chi connectivity index (χ2n) is 4.69.